The molecule has 0 radical (unpaired) electrons. The highest BCUT2D eigenvalue weighted by atomic mass is 19.1. The molecule has 1 aromatic heterocycles. The van der Waals surface area contributed by atoms with Crippen molar-refractivity contribution in [2.45, 2.75) is 13.0 Å². The first-order chi connectivity index (χ1) is 13.0. The molecule has 0 saturated carbocycles. The number of pyridine rings is 1. The first-order valence-corrected chi connectivity index (χ1v) is 9.37. The highest BCUT2D eigenvalue weighted by molar-refractivity contribution is 5.95. The van der Waals surface area contributed by atoms with E-state index in [4.69, 9.17) is 4.74 Å². The third kappa shape index (κ3) is 2.90. The molecule has 4 rings (SSSR count). The first-order valence-electron chi connectivity index (χ1n) is 9.37. The minimum absolute atomic E-state index is 0.153. The maximum absolute atomic E-state index is 15.3. The quantitative estimate of drug-likeness (QED) is 0.759. The first kappa shape index (κ1) is 18.0. The minimum Gasteiger partial charge on any atom is -0.487 e. The van der Waals surface area contributed by atoms with Crippen molar-refractivity contribution in [2.75, 3.05) is 58.8 Å². The van der Waals surface area contributed by atoms with Gasteiger partial charge in [0, 0.05) is 63.6 Å². The van der Waals surface area contributed by atoms with Crippen LogP contribution in [0.15, 0.2) is 22.2 Å². The second-order valence-corrected chi connectivity index (χ2v) is 7.33. The maximum Gasteiger partial charge on any atom is 0.170 e. The highest BCUT2D eigenvalue weighted by Gasteiger charge is 2.29. The molecule has 0 N–H and O–H groups in total. The van der Waals surface area contributed by atoms with Crippen molar-refractivity contribution < 1.29 is 9.13 Å². The molecule has 144 valence electrons. The lowest BCUT2D eigenvalue weighted by Gasteiger charge is -2.37. The van der Waals surface area contributed by atoms with E-state index in [-0.39, 0.29) is 11.9 Å². The van der Waals surface area contributed by atoms with Crippen molar-refractivity contribution in [1.82, 2.24) is 9.47 Å². The Morgan fingerprint density at radius 2 is 1.96 bits per heavy atom. The summed E-state index contributed by atoms with van der Waals surface area (Å²) in [6.45, 7) is 6.02. The molecule has 2 aliphatic rings. The number of aliphatic imine (C=N–C) groups is 1. The molecule has 1 fully saturated rings. The van der Waals surface area contributed by atoms with Crippen LogP contribution in [0.25, 0.3) is 10.9 Å². The maximum atomic E-state index is 15.3. The van der Waals surface area contributed by atoms with Gasteiger partial charge in [0.25, 0.3) is 0 Å². The van der Waals surface area contributed by atoms with Crippen LogP contribution in [0, 0.1) is 5.82 Å². The van der Waals surface area contributed by atoms with E-state index in [1.165, 1.54) is 0 Å². The van der Waals surface area contributed by atoms with Gasteiger partial charge < -0.3 is 19.1 Å². The molecule has 3 heterocycles. The topological polar surface area (TPSA) is 45.4 Å². The number of aromatic nitrogens is 1. The average Bonchev–Trinajstić information content (AvgIpc) is 2.65. The number of anilines is 1. The van der Waals surface area contributed by atoms with E-state index in [9.17, 15) is 0 Å². The fraction of sp³-hybridized carbons (Fsp3) is 0.500. The van der Waals surface area contributed by atoms with Gasteiger partial charge in [-0.15, -0.1) is 0 Å². The molecule has 0 bridgehead atoms. The molecule has 7 heteroatoms. The van der Waals surface area contributed by atoms with Crippen LogP contribution in [0.3, 0.4) is 0 Å². The summed E-state index contributed by atoms with van der Waals surface area (Å²) >= 11 is 0. The van der Waals surface area contributed by atoms with Gasteiger partial charge in [-0.3, -0.25) is 9.98 Å². The smallest absolute Gasteiger partial charge is 0.170 e. The number of nitrogens with zero attached hydrogens (tertiary/aromatic N) is 5. The molecule has 1 saturated heterocycles. The third-order valence-corrected chi connectivity index (χ3v) is 5.50. The minimum atomic E-state index is -0.251. The number of likely N-dealkylation sites (N-methyl/N-ethyl adjacent to an activating group) is 1. The standard InChI is InChI=1S/C20H26FN5O/c1-13-12-27-20-18-15(17(23-3)14(10-22-2)11-26(13)18)9-16(21)19(20)25-7-5-24(4)6-8-25/h9-11,13H,5-8,12H2,1-4H3/b22-10+,23-17-/t13-/m0/s1. The average molecular weight is 371 g/mol. The second kappa shape index (κ2) is 6.96. The number of hydrogen-bond donors (Lipinski definition) is 0. The van der Waals surface area contributed by atoms with Crippen LogP contribution in [0.1, 0.15) is 18.5 Å². The van der Waals surface area contributed by atoms with Crippen molar-refractivity contribution in [3.8, 4) is 5.75 Å². The van der Waals surface area contributed by atoms with Gasteiger partial charge in [0.1, 0.15) is 12.3 Å². The molecule has 0 unspecified atom stereocenters. The predicted octanol–water partition coefficient (Wildman–Crippen LogP) is 2.06. The van der Waals surface area contributed by atoms with Crippen molar-refractivity contribution in [3.05, 3.63) is 29.0 Å². The molecule has 0 aliphatic carbocycles. The van der Waals surface area contributed by atoms with Crippen molar-refractivity contribution in [3.63, 3.8) is 0 Å². The summed E-state index contributed by atoms with van der Waals surface area (Å²) in [5, 5.41) is 1.52. The molecule has 0 spiro atoms. The zero-order valence-electron chi connectivity index (χ0n) is 16.4. The van der Waals surface area contributed by atoms with E-state index in [0.717, 1.165) is 48.0 Å². The van der Waals surface area contributed by atoms with Crippen LogP contribution in [-0.2, 0) is 0 Å². The molecular formula is C20H26FN5O. The van der Waals surface area contributed by atoms with Crippen LogP contribution in [-0.4, -0.2) is 69.6 Å². The monoisotopic (exact) mass is 371 g/mol. The Kier molecular flexibility index (Phi) is 4.63. The fourth-order valence-corrected chi connectivity index (χ4v) is 4.05. The Morgan fingerprint density at radius 1 is 1.22 bits per heavy atom. The molecule has 2 aliphatic heterocycles. The van der Waals surface area contributed by atoms with Gasteiger partial charge in [0.2, 0.25) is 0 Å². The summed E-state index contributed by atoms with van der Waals surface area (Å²) in [7, 11) is 5.55. The van der Waals surface area contributed by atoms with Crippen molar-refractivity contribution >= 4 is 22.8 Å². The SMILES string of the molecule is C/N=c1/c(/C=N/C)cn2c3c(c(N4CCN(C)CC4)c(F)cc13)OC[C@@H]2C. The molecule has 2 aromatic rings. The predicted molar refractivity (Wildman–Crippen MR) is 107 cm³/mol. The lowest BCUT2D eigenvalue weighted by molar-refractivity contribution is 0.245. The van der Waals surface area contributed by atoms with Crippen molar-refractivity contribution in [2.24, 2.45) is 9.98 Å². The van der Waals surface area contributed by atoms with Gasteiger partial charge in [-0.2, -0.15) is 0 Å². The van der Waals surface area contributed by atoms with E-state index >= 15 is 4.39 Å². The number of ether oxygens (including phenoxy) is 1. The summed E-state index contributed by atoms with van der Waals surface area (Å²) in [6, 6.07) is 1.76. The van der Waals surface area contributed by atoms with Crippen molar-refractivity contribution in [1.29, 1.82) is 0 Å². The molecular weight excluding hydrogens is 345 g/mol. The molecule has 0 amide bonds. The number of benzene rings is 1. The van der Waals surface area contributed by atoms with E-state index in [2.05, 4.69) is 44.5 Å². The zero-order chi connectivity index (χ0) is 19.1. The normalized spacial score (nSPS) is 21.3. The molecule has 6 nitrogen and oxygen atoms in total. The fourth-order valence-electron chi connectivity index (χ4n) is 4.05. The second-order valence-electron chi connectivity index (χ2n) is 7.33. The molecule has 1 atom stereocenters. The van der Waals surface area contributed by atoms with Crippen LogP contribution in [0.2, 0.25) is 0 Å². The Bertz CT molecular complexity index is 973. The summed E-state index contributed by atoms with van der Waals surface area (Å²) in [5.74, 6) is 0.385. The Balaban J connectivity index is 2.02. The lowest BCUT2D eigenvalue weighted by Crippen LogP contribution is -2.45. The van der Waals surface area contributed by atoms with E-state index in [1.54, 1.807) is 26.4 Å². The summed E-state index contributed by atoms with van der Waals surface area (Å²) in [6.07, 6.45) is 3.83. The number of hydrogen-bond acceptors (Lipinski definition) is 5. The van der Waals surface area contributed by atoms with Gasteiger partial charge in [-0.05, 0) is 20.0 Å². The zero-order valence-corrected chi connectivity index (χ0v) is 16.4. The molecule has 1 aromatic carbocycles. The van der Waals surface area contributed by atoms with Gasteiger partial charge in [0.05, 0.1) is 16.9 Å². The lowest BCUT2D eigenvalue weighted by atomic mass is 10.1. The van der Waals surface area contributed by atoms with Crippen LogP contribution < -0.4 is 15.0 Å². The van der Waals surface area contributed by atoms with Gasteiger partial charge in [0.15, 0.2) is 11.6 Å². The summed E-state index contributed by atoms with van der Waals surface area (Å²) < 4.78 is 23.6. The van der Waals surface area contributed by atoms with Crippen LogP contribution in [0.5, 0.6) is 5.75 Å². The van der Waals surface area contributed by atoms with E-state index in [0.29, 0.717) is 18.0 Å². The largest absolute Gasteiger partial charge is 0.487 e. The third-order valence-electron chi connectivity index (χ3n) is 5.50. The molecule has 27 heavy (non-hydrogen) atoms. The summed E-state index contributed by atoms with van der Waals surface area (Å²) in [5.41, 5.74) is 2.38. The van der Waals surface area contributed by atoms with E-state index in [1.807, 2.05) is 0 Å². The van der Waals surface area contributed by atoms with Gasteiger partial charge in [-0.1, -0.05) is 0 Å². The number of rotatable bonds is 2. The summed E-state index contributed by atoms with van der Waals surface area (Å²) in [4.78, 5) is 12.9. The Labute approximate surface area is 158 Å². The Morgan fingerprint density at radius 3 is 2.63 bits per heavy atom. The van der Waals surface area contributed by atoms with Gasteiger partial charge in [-0.25, -0.2) is 4.39 Å². The van der Waals surface area contributed by atoms with E-state index < -0.39 is 0 Å². The van der Waals surface area contributed by atoms with Gasteiger partial charge >= 0.3 is 0 Å². The highest BCUT2D eigenvalue weighted by Crippen LogP contribution is 2.41. The Hall–Kier alpha value is -2.41. The number of halogens is 1. The van der Waals surface area contributed by atoms with Crippen LogP contribution in [0.4, 0.5) is 10.1 Å². The van der Waals surface area contributed by atoms with Crippen LogP contribution >= 0.6 is 0 Å². The number of piperazine rings is 1.